The van der Waals surface area contributed by atoms with Gasteiger partial charge in [-0.1, -0.05) is 31.1 Å². The van der Waals surface area contributed by atoms with Crippen molar-refractivity contribution in [3.8, 4) is 11.4 Å². The van der Waals surface area contributed by atoms with E-state index in [1.165, 1.54) is 36.4 Å². The first-order valence-electron chi connectivity index (χ1n) is 9.75. The molecule has 170 valence electrons. The van der Waals surface area contributed by atoms with Crippen molar-refractivity contribution < 1.29 is 26.5 Å². The molecule has 0 radical (unpaired) electrons. The van der Waals surface area contributed by atoms with E-state index in [1.54, 1.807) is 20.8 Å². The summed E-state index contributed by atoms with van der Waals surface area (Å²) in [5.41, 5.74) is 0.526. The normalized spacial score (nSPS) is 13.7. The van der Waals surface area contributed by atoms with Gasteiger partial charge in [0.05, 0.1) is 0 Å². The molecular formula is C21H22F2N4O4S. The van der Waals surface area contributed by atoms with Crippen molar-refractivity contribution in [2.24, 2.45) is 5.92 Å². The van der Waals surface area contributed by atoms with Crippen molar-refractivity contribution in [1.29, 1.82) is 0 Å². The number of aromatic nitrogens is 2. The lowest BCUT2D eigenvalue weighted by atomic mass is 10.0. The molecule has 0 saturated carbocycles. The standard InChI is InChI=1S/C21H22F2N4O4S/c1-12(2)18(27-32(29,30)17-7-5-4-6-16(17)23)20(28)24-13(3)21-25-19(26-31-21)14-8-10-15(22)11-9-14/h4-13,18,27H,1-3H3,(H,24,28)/t13?,18-/m0/s1. The van der Waals surface area contributed by atoms with Gasteiger partial charge in [0, 0.05) is 5.56 Å². The fraction of sp³-hybridized carbons (Fsp3) is 0.286. The Morgan fingerprint density at radius 3 is 2.31 bits per heavy atom. The van der Waals surface area contributed by atoms with Crippen LogP contribution in [0.4, 0.5) is 8.78 Å². The van der Waals surface area contributed by atoms with Gasteiger partial charge in [0.15, 0.2) is 0 Å². The fourth-order valence-corrected chi connectivity index (χ4v) is 4.30. The van der Waals surface area contributed by atoms with E-state index in [9.17, 15) is 22.0 Å². The number of hydrogen-bond acceptors (Lipinski definition) is 6. The Kier molecular flexibility index (Phi) is 6.99. The molecule has 2 N–H and O–H groups in total. The number of rotatable bonds is 8. The van der Waals surface area contributed by atoms with Crippen LogP contribution in [0.15, 0.2) is 57.9 Å². The van der Waals surface area contributed by atoms with Gasteiger partial charge < -0.3 is 9.84 Å². The van der Waals surface area contributed by atoms with E-state index in [4.69, 9.17) is 4.52 Å². The molecule has 0 fully saturated rings. The Labute approximate surface area is 184 Å². The molecule has 0 aliphatic heterocycles. The van der Waals surface area contributed by atoms with Crippen molar-refractivity contribution >= 4 is 15.9 Å². The van der Waals surface area contributed by atoms with E-state index in [2.05, 4.69) is 20.2 Å². The van der Waals surface area contributed by atoms with Crippen molar-refractivity contribution in [2.45, 2.75) is 37.8 Å². The molecule has 8 nitrogen and oxygen atoms in total. The minimum Gasteiger partial charge on any atom is -0.343 e. The van der Waals surface area contributed by atoms with Crippen LogP contribution in [0, 0.1) is 17.6 Å². The molecule has 11 heteroatoms. The predicted molar refractivity (Wildman–Crippen MR) is 112 cm³/mol. The summed E-state index contributed by atoms with van der Waals surface area (Å²) in [5.74, 6) is -2.12. The predicted octanol–water partition coefficient (Wildman–Crippen LogP) is 3.20. The monoisotopic (exact) mass is 464 g/mol. The molecule has 32 heavy (non-hydrogen) atoms. The molecule has 1 aromatic heterocycles. The first-order valence-corrected chi connectivity index (χ1v) is 11.2. The lowest BCUT2D eigenvalue weighted by molar-refractivity contribution is -0.124. The summed E-state index contributed by atoms with van der Waals surface area (Å²) in [6.45, 7) is 4.89. The molecule has 0 aliphatic rings. The molecule has 2 atom stereocenters. The van der Waals surface area contributed by atoms with Crippen LogP contribution in [0.2, 0.25) is 0 Å². The van der Waals surface area contributed by atoms with Crippen LogP contribution in [0.1, 0.15) is 32.7 Å². The Bertz CT molecular complexity index is 1200. The van der Waals surface area contributed by atoms with E-state index in [0.717, 1.165) is 12.1 Å². The zero-order valence-corrected chi connectivity index (χ0v) is 18.4. The highest BCUT2D eigenvalue weighted by atomic mass is 32.2. The van der Waals surface area contributed by atoms with Crippen LogP contribution < -0.4 is 10.0 Å². The minimum absolute atomic E-state index is 0.0807. The van der Waals surface area contributed by atoms with Crippen LogP contribution >= 0.6 is 0 Å². The maximum absolute atomic E-state index is 14.0. The second-order valence-electron chi connectivity index (χ2n) is 7.47. The van der Waals surface area contributed by atoms with Crippen molar-refractivity contribution in [2.75, 3.05) is 0 Å². The average molecular weight is 464 g/mol. The summed E-state index contributed by atoms with van der Waals surface area (Å²) in [6.07, 6.45) is 0. The smallest absolute Gasteiger partial charge is 0.249 e. The second kappa shape index (κ2) is 9.53. The van der Waals surface area contributed by atoms with Gasteiger partial charge >= 0.3 is 0 Å². The van der Waals surface area contributed by atoms with Gasteiger partial charge in [-0.25, -0.2) is 17.2 Å². The van der Waals surface area contributed by atoms with Gasteiger partial charge in [-0.3, -0.25) is 4.79 Å². The van der Waals surface area contributed by atoms with Crippen LogP contribution in [-0.2, 0) is 14.8 Å². The molecular weight excluding hydrogens is 442 g/mol. The van der Waals surface area contributed by atoms with E-state index in [0.29, 0.717) is 5.56 Å². The van der Waals surface area contributed by atoms with E-state index in [1.807, 2.05) is 0 Å². The SMILES string of the molecule is CC(NC(=O)[C@@H](NS(=O)(=O)c1ccccc1F)C(C)C)c1nc(-c2ccc(F)cc2)no1. The van der Waals surface area contributed by atoms with Gasteiger partial charge in [-0.05, 0) is 49.2 Å². The molecule has 1 unspecified atom stereocenters. The van der Waals surface area contributed by atoms with Crippen LogP contribution in [0.25, 0.3) is 11.4 Å². The third kappa shape index (κ3) is 5.35. The zero-order valence-electron chi connectivity index (χ0n) is 17.5. The van der Waals surface area contributed by atoms with E-state index in [-0.39, 0.29) is 11.7 Å². The largest absolute Gasteiger partial charge is 0.343 e. The molecule has 0 aliphatic carbocycles. The first-order chi connectivity index (χ1) is 15.1. The zero-order chi connectivity index (χ0) is 23.5. The summed E-state index contributed by atoms with van der Waals surface area (Å²) >= 11 is 0. The number of carbonyl (C=O) groups excluding carboxylic acids is 1. The van der Waals surface area contributed by atoms with Gasteiger partial charge in [0.1, 0.15) is 28.6 Å². The highest BCUT2D eigenvalue weighted by Gasteiger charge is 2.31. The van der Waals surface area contributed by atoms with Gasteiger partial charge in [0.25, 0.3) is 0 Å². The lowest BCUT2D eigenvalue weighted by Gasteiger charge is -2.23. The van der Waals surface area contributed by atoms with E-state index >= 15 is 0 Å². The number of halogens is 2. The molecule has 0 bridgehead atoms. The highest BCUT2D eigenvalue weighted by Crippen LogP contribution is 2.20. The number of benzene rings is 2. The van der Waals surface area contributed by atoms with Crippen LogP contribution in [0.3, 0.4) is 0 Å². The maximum Gasteiger partial charge on any atom is 0.249 e. The van der Waals surface area contributed by atoms with Crippen molar-refractivity contribution in [3.63, 3.8) is 0 Å². The Hall–Kier alpha value is -3.18. The van der Waals surface area contributed by atoms with Gasteiger partial charge in [0.2, 0.25) is 27.6 Å². The number of carbonyl (C=O) groups is 1. The summed E-state index contributed by atoms with van der Waals surface area (Å²) in [5, 5.41) is 6.44. The number of hydrogen-bond donors (Lipinski definition) is 2. The first kappa shape index (κ1) is 23.5. The molecule has 1 amide bonds. The maximum atomic E-state index is 14.0. The summed E-state index contributed by atoms with van der Waals surface area (Å²) < 4.78 is 59.7. The van der Waals surface area contributed by atoms with E-state index < -0.39 is 50.5 Å². The molecule has 2 aromatic carbocycles. The Morgan fingerprint density at radius 1 is 1.03 bits per heavy atom. The second-order valence-corrected chi connectivity index (χ2v) is 9.15. The van der Waals surface area contributed by atoms with Crippen LogP contribution in [-0.4, -0.2) is 30.5 Å². The molecule has 0 saturated heterocycles. The van der Waals surface area contributed by atoms with Crippen molar-refractivity contribution in [1.82, 2.24) is 20.2 Å². The molecule has 1 heterocycles. The molecule has 3 rings (SSSR count). The Morgan fingerprint density at radius 2 is 1.69 bits per heavy atom. The summed E-state index contributed by atoms with van der Waals surface area (Å²) in [6, 6.07) is 8.45. The molecule has 0 spiro atoms. The van der Waals surface area contributed by atoms with Crippen LogP contribution in [0.5, 0.6) is 0 Å². The molecule has 3 aromatic rings. The Balaban J connectivity index is 1.73. The van der Waals surface area contributed by atoms with Gasteiger partial charge in [-0.15, -0.1) is 0 Å². The topological polar surface area (TPSA) is 114 Å². The van der Waals surface area contributed by atoms with Crippen molar-refractivity contribution in [3.05, 3.63) is 66.1 Å². The number of amides is 1. The number of sulfonamides is 1. The quantitative estimate of drug-likeness (QED) is 0.529. The summed E-state index contributed by atoms with van der Waals surface area (Å²) in [7, 11) is -4.28. The number of nitrogens with one attached hydrogen (secondary N) is 2. The lowest BCUT2D eigenvalue weighted by Crippen LogP contribution is -2.50. The third-order valence-corrected chi connectivity index (χ3v) is 6.11. The fourth-order valence-electron chi connectivity index (χ4n) is 2.88. The third-order valence-electron chi connectivity index (χ3n) is 4.63. The highest BCUT2D eigenvalue weighted by molar-refractivity contribution is 7.89. The average Bonchev–Trinajstić information content (AvgIpc) is 3.23. The minimum atomic E-state index is -4.28. The summed E-state index contributed by atoms with van der Waals surface area (Å²) in [4.78, 5) is 16.5. The van der Waals surface area contributed by atoms with Gasteiger partial charge in [-0.2, -0.15) is 9.71 Å². The number of nitrogens with zero attached hydrogens (tertiary/aromatic N) is 2.